The van der Waals surface area contributed by atoms with Crippen LogP contribution < -0.4 is 4.74 Å². The first-order chi connectivity index (χ1) is 16.9. The average molecular weight is 472 g/mol. The molecule has 8 heteroatoms. The Kier molecular flexibility index (Phi) is 6.03. The minimum Gasteiger partial charge on any atom is -0.490 e. The molecule has 0 bridgehead atoms. The van der Waals surface area contributed by atoms with Crippen LogP contribution in [0.2, 0.25) is 0 Å². The highest BCUT2D eigenvalue weighted by Crippen LogP contribution is 2.43. The van der Waals surface area contributed by atoms with Gasteiger partial charge in [0.1, 0.15) is 11.8 Å². The van der Waals surface area contributed by atoms with E-state index < -0.39 is 0 Å². The van der Waals surface area contributed by atoms with Crippen LogP contribution in [-0.2, 0) is 11.2 Å². The molecule has 180 valence electrons. The van der Waals surface area contributed by atoms with Crippen molar-refractivity contribution in [1.82, 2.24) is 19.9 Å². The van der Waals surface area contributed by atoms with Crippen LogP contribution in [0.25, 0.3) is 22.8 Å². The van der Waals surface area contributed by atoms with E-state index in [1.54, 1.807) is 17.0 Å². The van der Waals surface area contributed by atoms with E-state index in [1.807, 2.05) is 46.1 Å². The smallest absolute Gasteiger partial charge is 0.258 e. The molecule has 0 spiro atoms. The van der Waals surface area contributed by atoms with E-state index in [9.17, 15) is 10.1 Å². The number of fused-ring (bicyclic) bond motifs is 1. The molecule has 0 unspecified atom stereocenters. The van der Waals surface area contributed by atoms with Crippen LogP contribution in [0.1, 0.15) is 43.0 Å². The first-order valence-corrected chi connectivity index (χ1v) is 12.0. The molecule has 8 nitrogen and oxygen atoms in total. The third-order valence-electron chi connectivity index (χ3n) is 6.76. The monoisotopic (exact) mass is 471 g/mol. The van der Waals surface area contributed by atoms with Gasteiger partial charge in [-0.15, -0.1) is 0 Å². The first-order valence-electron chi connectivity index (χ1n) is 12.0. The molecule has 1 amide bonds. The Morgan fingerprint density at radius 3 is 2.77 bits per heavy atom. The summed E-state index contributed by atoms with van der Waals surface area (Å²) in [6.45, 7) is 5.45. The molecule has 2 aromatic carbocycles. The molecule has 3 aromatic rings. The van der Waals surface area contributed by atoms with Crippen LogP contribution in [0, 0.1) is 17.2 Å². The third kappa shape index (κ3) is 4.28. The van der Waals surface area contributed by atoms with Gasteiger partial charge in [-0.05, 0) is 56.0 Å². The number of hydrogen-bond acceptors (Lipinski definition) is 7. The normalized spacial score (nSPS) is 17.7. The van der Waals surface area contributed by atoms with E-state index in [0.717, 1.165) is 31.5 Å². The van der Waals surface area contributed by atoms with Crippen LogP contribution >= 0.6 is 0 Å². The number of ether oxygens (including phenoxy) is 1. The van der Waals surface area contributed by atoms with Gasteiger partial charge in [0.05, 0.1) is 17.6 Å². The zero-order chi connectivity index (χ0) is 24.7. The second-order valence-electron chi connectivity index (χ2n) is 9.72. The minimum atomic E-state index is -0.0254. The summed E-state index contributed by atoms with van der Waals surface area (Å²) in [6, 6.07) is 14.1. The molecular formula is C27H29N5O3. The van der Waals surface area contributed by atoms with Gasteiger partial charge < -0.3 is 14.2 Å². The van der Waals surface area contributed by atoms with Crippen molar-refractivity contribution < 1.29 is 14.1 Å². The Bertz CT molecular complexity index is 1300. The van der Waals surface area contributed by atoms with Gasteiger partial charge in [0.25, 0.3) is 5.89 Å². The van der Waals surface area contributed by atoms with E-state index in [0.29, 0.717) is 34.6 Å². The van der Waals surface area contributed by atoms with Crippen LogP contribution in [0.5, 0.6) is 5.75 Å². The number of benzene rings is 2. The molecule has 5 rings (SSSR count). The SMILES string of the molecule is CC(C)Oc1ccc(-c2nc(-c3cccc4c3CC[C@H]4N3CC(C(=O)N(C)C)C3)no2)cc1C#N. The van der Waals surface area contributed by atoms with Gasteiger partial charge in [0.15, 0.2) is 0 Å². The van der Waals surface area contributed by atoms with Crippen molar-refractivity contribution in [2.24, 2.45) is 5.92 Å². The topological polar surface area (TPSA) is 95.5 Å². The van der Waals surface area contributed by atoms with Crippen LogP contribution in [-0.4, -0.2) is 59.1 Å². The van der Waals surface area contributed by atoms with Crippen molar-refractivity contribution in [3.05, 3.63) is 53.1 Å². The lowest BCUT2D eigenvalue weighted by Gasteiger charge is -2.43. The quantitative estimate of drug-likeness (QED) is 0.535. The van der Waals surface area contributed by atoms with Crippen molar-refractivity contribution in [2.45, 2.75) is 38.8 Å². The molecule has 0 saturated carbocycles. The van der Waals surface area contributed by atoms with Crippen molar-refractivity contribution in [1.29, 1.82) is 5.26 Å². The Morgan fingerprint density at radius 1 is 1.26 bits per heavy atom. The highest BCUT2D eigenvalue weighted by Gasteiger charge is 2.40. The number of hydrogen-bond donors (Lipinski definition) is 0. The zero-order valence-corrected chi connectivity index (χ0v) is 20.5. The van der Waals surface area contributed by atoms with E-state index in [4.69, 9.17) is 9.26 Å². The standard InChI is InChI=1S/C27H29N5O3/c1-16(2)34-24-11-8-17(12-18(24)13-28)26-29-25(30-35-26)22-7-5-6-21-20(22)9-10-23(21)32-14-19(15-32)27(33)31(3)4/h5-8,11-12,16,19,23H,9-10,14-15H2,1-4H3/t23-/m1/s1. The summed E-state index contributed by atoms with van der Waals surface area (Å²) in [6.07, 6.45) is 1.92. The number of rotatable bonds is 6. The van der Waals surface area contributed by atoms with Gasteiger partial charge in [0, 0.05) is 44.4 Å². The number of nitrogens with zero attached hydrogens (tertiary/aromatic N) is 5. The number of carbonyl (C=O) groups excluding carboxylic acids is 1. The van der Waals surface area contributed by atoms with Gasteiger partial charge in [-0.1, -0.05) is 23.4 Å². The summed E-state index contributed by atoms with van der Waals surface area (Å²) in [5.41, 5.74) is 4.61. The maximum absolute atomic E-state index is 12.2. The predicted octanol–water partition coefficient (Wildman–Crippen LogP) is 4.07. The van der Waals surface area contributed by atoms with Gasteiger partial charge in [0.2, 0.25) is 11.7 Å². The molecule has 1 aromatic heterocycles. The predicted molar refractivity (Wildman–Crippen MR) is 130 cm³/mol. The van der Waals surface area contributed by atoms with Gasteiger partial charge in [-0.3, -0.25) is 9.69 Å². The van der Waals surface area contributed by atoms with E-state index in [-0.39, 0.29) is 17.9 Å². The van der Waals surface area contributed by atoms with Gasteiger partial charge >= 0.3 is 0 Å². The fourth-order valence-electron chi connectivity index (χ4n) is 5.07. The Hall–Kier alpha value is -3.70. The molecule has 1 atom stereocenters. The molecule has 0 radical (unpaired) electrons. The molecule has 35 heavy (non-hydrogen) atoms. The lowest BCUT2D eigenvalue weighted by Crippen LogP contribution is -2.54. The summed E-state index contributed by atoms with van der Waals surface area (Å²) < 4.78 is 11.3. The first kappa shape index (κ1) is 23.1. The maximum atomic E-state index is 12.2. The largest absolute Gasteiger partial charge is 0.490 e. The highest BCUT2D eigenvalue weighted by atomic mass is 16.5. The molecule has 2 heterocycles. The number of likely N-dealkylation sites (tertiary alicyclic amines) is 1. The molecular weight excluding hydrogens is 442 g/mol. The summed E-state index contributed by atoms with van der Waals surface area (Å²) in [5.74, 6) is 1.75. The van der Waals surface area contributed by atoms with E-state index in [1.165, 1.54) is 11.1 Å². The second kappa shape index (κ2) is 9.16. The maximum Gasteiger partial charge on any atom is 0.258 e. The van der Waals surface area contributed by atoms with Crippen molar-refractivity contribution in [3.8, 4) is 34.7 Å². The molecule has 1 aliphatic heterocycles. The lowest BCUT2D eigenvalue weighted by molar-refractivity contribution is -0.139. The lowest BCUT2D eigenvalue weighted by atomic mass is 9.93. The number of nitriles is 1. The Morgan fingerprint density at radius 2 is 2.06 bits per heavy atom. The summed E-state index contributed by atoms with van der Waals surface area (Å²) in [5, 5.41) is 13.8. The van der Waals surface area contributed by atoms with E-state index >= 15 is 0 Å². The molecule has 0 N–H and O–H groups in total. The highest BCUT2D eigenvalue weighted by molar-refractivity contribution is 5.79. The average Bonchev–Trinajstić information content (AvgIpc) is 3.46. The minimum absolute atomic E-state index is 0.0254. The Balaban J connectivity index is 1.37. The number of amides is 1. The molecule has 2 aliphatic rings. The van der Waals surface area contributed by atoms with Gasteiger partial charge in [-0.2, -0.15) is 10.2 Å². The summed E-state index contributed by atoms with van der Waals surface area (Å²) >= 11 is 0. The zero-order valence-electron chi connectivity index (χ0n) is 20.5. The number of aromatic nitrogens is 2. The third-order valence-corrected chi connectivity index (χ3v) is 6.76. The second-order valence-corrected chi connectivity index (χ2v) is 9.72. The van der Waals surface area contributed by atoms with Crippen LogP contribution in [0.15, 0.2) is 40.9 Å². The van der Waals surface area contributed by atoms with Crippen LogP contribution in [0.4, 0.5) is 0 Å². The van der Waals surface area contributed by atoms with Crippen molar-refractivity contribution in [3.63, 3.8) is 0 Å². The van der Waals surface area contributed by atoms with Crippen molar-refractivity contribution in [2.75, 3.05) is 27.2 Å². The van der Waals surface area contributed by atoms with E-state index in [2.05, 4.69) is 27.2 Å². The number of carbonyl (C=O) groups is 1. The molecule has 1 aliphatic carbocycles. The van der Waals surface area contributed by atoms with Gasteiger partial charge in [-0.25, -0.2) is 0 Å². The summed E-state index contributed by atoms with van der Waals surface area (Å²) in [4.78, 5) is 21.0. The fraction of sp³-hybridized carbons (Fsp3) is 0.407. The Labute approximate surface area is 205 Å². The molecule has 1 saturated heterocycles. The summed E-state index contributed by atoms with van der Waals surface area (Å²) in [7, 11) is 3.63. The molecule has 1 fully saturated rings. The van der Waals surface area contributed by atoms with Crippen molar-refractivity contribution >= 4 is 5.91 Å². The van der Waals surface area contributed by atoms with Crippen LogP contribution in [0.3, 0.4) is 0 Å². The fourth-order valence-corrected chi connectivity index (χ4v) is 5.07.